The SMILES string of the molecule is C=[N+]1C=CC(CC2CCCC2)=C[C-]1c1c(C)ccc2c1[o+][c-]1cc(-c3ccccc3)ccc21. The summed E-state index contributed by atoms with van der Waals surface area (Å²) in [5.41, 5.74) is 8.00. The molecule has 0 radical (unpaired) electrons. The summed E-state index contributed by atoms with van der Waals surface area (Å²) in [5, 5.41) is 2.31. The molecule has 0 amide bonds. The van der Waals surface area contributed by atoms with Crippen molar-refractivity contribution in [1.82, 2.24) is 0 Å². The predicted octanol–water partition coefficient (Wildman–Crippen LogP) is 8.19. The molecule has 1 aliphatic heterocycles. The Hall–Kier alpha value is -3.52. The number of aryl methyl sites for hydroxylation is 1. The fourth-order valence-corrected chi connectivity index (χ4v) is 5.53. The van der Waals surface area contributed by atoms with Gasteiger partial charge in [0.2, 0.25) is 0 Å². The van der Waals surface area contributed by atoms with Gasteiger partial charge in [0, 0.05) is 0 Å². The second-order valence-electron chi connectivity index (χ2n) is 9.56. The maximum atomic E-state index is 6.57. The van der Waals surface area contributed by atoms with Crippen LogP contribution in [0.3, 0.4) is 0 Å². The molecule has 2 heterocycles. The summed E-state index contributed by atoms with van der Waals surface area (Å²) in [6, 6.07) is 22.5. The molecule has 1 saturated carbocycles. The van der Waals surface area contributed by atoms with E-state index in [0.717, 1.165) is 45.9 Å². The second kappa shape index (κ2) is 8.12. The molecular formula is C31H29NO. The van der Waals surface area contributed by atoms with E-state index in [9.17, 15) is 0 Å². The van der Waals surface area contributed by atoms with Crippen LogP contribution in [0.2, 0.25) is 0 Å². The predicted molar refractivity (Wildman–Crippen MR) is 137 cm³/mol. The van der Waals surface area contributed by atoms with Gasteiger partial charge in [-0.05, 0) is 35.3 Å². The summed E-state index contributed by atoms with van der Waals surface area (Å²) in [7, 11) is 0. The molecule has 2 nitrogen and oxygen atoms in total. The largest absolute Gasteiger partial charge is 0.286 e. The molecule has 1 fully saturated rings. The molecule has 0 atom stereocenters. The molecule has 4 aromatic rings. The Morgan fingerprint density at radius 2 is 1.82 bits per heavy atom. The first kappa shape index (κ1) is 20.1. The van der Waals surface area contributed by atoms with E-state index in [1.54, 1.807) is 0 Å². The Bertz CT molecular complexity index is 1410. The molecule has 3 aromatic carbocycles. The summed E-state index contributed by atoms with van der Waals surface area (Å²) < 4.78 is 8.56. The second-order valence-corrected chi connectivity index (χ2v) is 9.56. The van der Waals surface area contributed by atoms with Crippen molar-refractivity contribution >= 4 is 28.7 Å². The van der Waals surface area contributed by atoms with Crippen molar-refractivity contribution in [2.45, 2.75) is 39.0 Å². The molecule has 0 saturated heterocycles. The van der Waals surface area contributed by atoms with Gasteiger partial charge in [-0.2, -0.15) is 0 Å². The van der Waals surface area contributed by atoms with Crippen LogP contribution < -0.4 is 0 Å². The molecule has 33 heavy (non-hydrogen) atoms. The molecule has 2 heteroatoms. The van der Waals surface area contributed by atoms with Crippen molar-refractivity contribution in [3.8, 4) is 11.1 Å². The Morgan fingerprint density at radius 1 is 1.00 bits per heavy atom. The van der Waals surface area contributed by atoms with Crippen molar-refractivity contribution in [3.05, 3.63) is 102 Å². The molecule has 0 unspecified atom stereocenters. The van der Waals surface area contributed by atoms with E-state index < -0.39 is 0 Å². The molecule has 1 aliphatic carbocycles. The lowest BCUT2D eigenvalue weighted by molar-refractivity contribution is -0.418. The Kier molecular flexibility index (Phi) is 4.95. The van der Waals surface area contributed by atoms with Crippen molar-refractivity contribution in [2.75, 3.05) is 0 Å². The highest BCUT2D eigenvalue weighted by atomic mass is 16.3. The summed E-state index contributed by atoms with van der Waals surface area (Å²) in [4.78, 5) is 0. The third-order valence-corrected chi connectivity index (χ3v) is 7.31. The molecule has 6 rings (SSSR count). The molecule has 164 valence electrons. The van der Waals surface area contributed by atoms with Gasteiger partial charge in [0.05, 0.1) is 12.3 Å². The average molecular weight is 432 g/mol. The number of fused-ring (bicyclic) bond motifs is 3. The first-order valence-electron chi connectivity index (χ1n) is 12.0. The Labute approximate surface area is 195 Å². The number of rotatable bonds is 4. The first-order chi connectivity index (χ1) is 16.2. The van der Waals surface area contributed by atoms with Crippen molar-refractivity contribution < 1.29 is 8.99 Å². The Balaban J connectivity index is 1.46. The number of benzene rings is 3. The minimum Gasteiger partial charge on any atom is -0.286 e. The van der Waals surface area contributed by atoms with Crippen molar-refractivity contribution in [2.24, 2.45) is 5.92 Å². The van der Waals surface area contributed by atoms with E-state index in [1.165, 1.54) is 47.9 Å². The van der Waals surface area contributed by atoms with E-state index in [2.05, 4.69) is 86.6 Å². The van der Waals surface area contributed by atoms with Gasteiger partial charge in [-0.3, -0.25) is 8.99 Å². The first-order valence-corrected chi connectivity index (χ1v) is 12.0. The zero-order chi connectivity index (χ0) is 22.4. The zero-order valence-corrected chi connectivity index (χ0v) is 19.2. The van der Waals surface area contributed by atoms with Crippen molar-refractivity contribution in [3.63, 3.8) is 0 Å². The van der Waals surface area contributed by atoms with Crippen LogP contribution in [0.4, 0.5) is 0 Å². The van der Waals surface area contributed by atoms with Gasteiger partial charge >= 0.3 is 0 Å². The quantitative estimate of drug-likeness (QED) is 0.180. The van der Waals surface area contributed by atoms with Gasteiger partial charge in [0.1, 0.15) is 6.20 Å². The Morgan fingerprint density at radius 3 is 2.64 bits per heavy atom. The van der Waals surface area contributed by atoms with E-state index in [-0.39, 0.29) is 0 Å². The van der Waals surface area contributed by atoms with Gasteiger partial charge in [0.25, 0.3) is 11.2 Å². The maximum Gasteiger partial charge on any atom is 0.279 e. The zero-order valence-electron chi connectivity index (χ0n) is 19.2. The van der Waals surface area contributed by atoms with Crippen LogP contribution in [0.25, 0.3) is 33.1 Å². The van der Waals surface area contributed by atoms with Gasteiger partial charge in [-0.15, -0.1) is 12.1 Å². The van der Waals surface area contributed by atoms with Crippen LogP contribution in [-0.4, -0.2) is 11.3 Å². The third kappa shape index (κ3) is 3.60. The number of allylic oxidation sites excluding steroid dienone is 2. The minimum absolute atomic E-state index is 0.818. The van der Waals surface area contributed by atoms with Crippen LogP contribution in [0.5, 0.6) is 0 Å². The number of hydrogen-bond acceptors (Lipinski definition) is 0. The van der Waals surface area contributed by atoms with E-state index in [1.807, 2.05) is 10.6 Å². The van der Waals surface area contributed by atoms with Crippen LogP contribution in [0.15, 0.2) is 89.0 Å². The number of furan rings is 1. The smallest absolute Gasteiger partial charge is 0.279 e. The summed E-state index contributed by atoms with van der Waals surface area (Å²) >= 11 is 0. The average Bonchev–Trinajstić information content (AvgIpc) is 3.48. The lowest BCUT2D eigenvalue weighted by Crippen LogP contribution is -2.16. The van der Waals surface area contributed by atoms with Gasteiger partial charge < -0.3 is 0 Å². The molecular weight excluding hydrogens is 402 g/mol. The maximum absolute atomic E-state index is 6.57. The number of hydrogen-bond donors (Lipinski definition) is 0. The van der Waals surface area contributed by atoms with Crippen LogP contribution in [0, 0.1) is 18.9 Å². The van der Waals surface area contributed by atoms with Crippen LogP contribution >= 0.6 is 0 Å². The summed E-state index contributed by atoms with van der Waals surface area (Å²) in [6.07, 6.45) is 13.3. The van der Waals surface area contributed by atoms with Gasteiger partial charge in [-0.1, -0.05) is 103 Å². The summed E-state index contributed by atoms with van der Waals surface area (Å²) in [6.45, 7) is 6.47. The lowest BCUT2D eigenvalue weighted by Gasteiger charge is -2.21. The van der Waals surface area contributed by atoms with Crippen LogP contribution in [0.1, 0.15) is 43.2 Å². The fraction of sp³-hybridized carbons (Fsp3) is 0.226. The highest BCUT2D eigenvalue weighted by molar-refractivity contribution is 6.07. The van der Waals surface area contributed by atoms with Gasteiger partial charge in [0.15, 0.2) is 6.04 Å². The third-order valence-electron chi connectivity index (χ3n) is 7.31. The topological polar surface area (TPSA) is 14.3 Å². The van der Waals surface area contributed by atoms with Crippen molar-refractivity contribution in [1.29, 1.82) is 0 Å². The fourth-order valence-electron chi connectivity index (χ4n) is 5.53. The van der Waals surface area contributed by atoms with E-state index in [0.29, 0.717) is 0 Å². The standard InChI is InChI=1S/C31H29NO/c1-21-12-14-27-26-15-13-25(24-10-4-3-5-11-24)20-29(26)33-31(27)30(21)28-19-23(16-17-32(28)2)18-22-8-6-7-9-22/h3-5,10-17,19-20,22H,2,6-9,18H2,1H3. The van der Waals surface area contributed by atoms with E-state index in [4.69, 9.17) is 4.42 Å². The van der Waals surface area contributed by atoms with Crippen LogP contribution in [-0.2, 0) is 0 Å². The molecule has 1 aromatic heterocycles. The normalized spacial score (nSPS) is 16.8. The highest BCUT2D eigenvalue weighted by Crippen LogP contribution is 2.40. The summed E-state index contributed by atoms with van der Waals surface area (Å²) in [5.74, 6) is 0.818. The molecule has 0 spiro atoms. The van der Waals surface area contributed by atoms with Gasteiger partial charge in [-0.25, -0.2) is 0 Å². The number of nitrogens with zero attached hydrogens (tertiary/aromatic N) is 1. The lowest BCUT2D eigenvalue weighted by atomic mass is 9.91. The minimum atomic E-state index is 0.818. The molecule has 2 aliphatic rings. The highest BCUT2D eigenvalue weighted by Gasteiger charge is 2.27. The van der Waals surface area contributed by atoms with E-state index >= 15 is 0 Å². The molecule has 0 bridgehead atoms. The molecule has 0 N–H and O–H groups in total. The monoisotopic (exact) mass is 431 g/mol.